The van der Waals surface area contributed by atoms with Crippen LogP contribution in [0.3, 0.4) is 0 Å². The van der Waals surface area contributed by atoms with Crippen molar-refractivity contribution in [1.29, 1.82) is 0 Å². The highest BCUT2D eigenvalue weighted by Gasteiger charge is 2.22. The molecule has 1 rings (SSSR count). The van der Waals surface area contributed by atoms with Gasteiger partial charge in [-0.2, -0.15) is 0 Å². The van der Waals surface area contributed by atoms with E-state index in [-0.39, 0.29) is 5.02 Å². The fourth-order valence-electron chi connectivity index (χ4n) is 1.17. The Kier molecular flexibility index (Phi) is 5.24. The summed E-state index contributed by atoms with van der Waals surface area (Å²) in [6, 6.07) is 2.82. The molecule has 0 aliphatic carbocycles. The molecule has 0 amide bonds. The topological polar surface area (TPSA) is 92.7 Å². The van der Waals surface area contributed by atoms with Gasteiger partial charge in [-0.1, -0.05) is 11.6 Å². The van der Waals surface area contributed by atoms with E-state index >= 15 is 0 Å². The highest BCUT2D eigenvalue weighted by atomic mass is 35.5. The van der Waals surface area contributed by atoms with E-state index in [9.17, 15) is 22.7 Å². The zero-order chi connectivity index (χ0) is 14.6. The first-order chi connectivity index (χ1) is 8.77. The second kappa shape index (κ2) is 6.29. The van der Waals surface area contributed by atoms with Crippen molar-refractivity contribution < 1.29 is 27.4 Å². The van der Waals surface area contributed by atoms with E-state index in [0.717, 1.165) is 25.3 Å². The summed E-state index contributed by atoms with van der Waals surface area (Å²) in [5, 5.41) is 9.06. The number of hydrogen-bond acceptors (Lipinski definition) is 5. The maximum Gasteiger partial charge on any atom is 0.336 e. The summed E-state index contributed by atoms with van der Waals surface area (Å²) >= 11 is 5.65. The number of ether oxygens (including phenoxy) is 1. The van der Waals surface area contributed by atoms with Gasteiger partial charge in [0.2, 0.25) is 10.0 Å². The first-order valence-corrected chi connectivity index (χ1v) is 6.84. The standard InChI is InChI=1S/C10H11ClFNO5S/c1-18-10(15)8(14)5-13-19(16,17)9-4-6(12)2-3-7(9)11/h2-4,8,13-14H,5H2,1H3. The average molecular weight is 312 g/mol. The summed E-state index contributed by atoms with van der Waals surface area (Å²) in [4.78, 5) is 10.4. The Morgan fingerprint density at radius 1 is 1.58 bits per heavy atom. The van der Waals surface area contributed by atoms with Gasteiger partial charge in [-0.05, 0) is 18.2 Å². The van der Waals surface area contributed by atoms with Gasteiger partial charge in [0.25, 0.3) is 0 Å². The molecule has 0 aliphatic rings. The highest BCUT2D eigenvalue weighted by molar-refractivity contribution is 7.89. The lowest BCUT2D eigenvalue weighted by Gasteiger charge is -2.11. The molecule has 2 N–H and O–H groups in total. The third kappa shape index (κ3) is 4.13. The maximum absolute atomic E-state index is 13.0. The lowest BCUT2D eigenvalue weighted by atomic mass is 10.3. The van der Waals surface area contributed by atoms with Crippen LogP contribution in [0.25, 0.3) is 0 Å². The van der Waals surface area contributed by atoms with E-state index in [2.05, 4.69) is 4.74 Å². The molecule has 106 valence electrons. The lowest BCUT2D eigenvalue weighted by Crippen LogP contribution is -2.37. The van der Waals surface area contributed by atoms with E-state index in [0.29, 0.717) is 0 Å². The zero-order valence-electron chi connectivity index (χ0n) is 9.76. The fraction of sp³-hybridized carbons (Fsp3) is 0.300. The van der Waals surface area contributed by atoms with Crippen molar-refractivity contribution in [3.8, 4) is 0 Å². The van der Waals surface area contributed by atoms with Gasteiger partial charge in [-0.3, -0.25) is 0 Å². The molecule has 0 bridgehead atoms. The molecule has 0 saturated carbocycles. The molecule has 0 saturated heterocycles. The number of rotatable bonds is 5. The van der Waals surface area contributed by atoms with Crippen LogP contribution < -0.4 is 4.72 Å². The van der Waals surface area contributed by atoms with Crippen LogP contribution in [-0.2, 0) is 19.6 Å². The van der Waals surface area contributed by atoms with E-state index in [1.165, 1.54) is 0 Å². The van der Waals surface area contributed by atoms with Crippen LogP contribution in [0.5, 0.6) is 0 Å². The number of esters is 1. The maximum atomic E-state index is 13.0. The van der Waals surface area contributed by atoms with E-state index < -0.39 is 39.4 Å². The smallest absolute Gasteiger partial charge is 0.336 e. The number of methoxy groups -OCH3 is 1. The van der Waals surface area contributed by atoms with Gasteiger partial charge in [0.1, 0.15) is 10.7 Å². The summed E-state index contributed by atoms with van der Waals surface area (Å²) < 4.78 is 42.7. The van der Waals surface area contributed by atoms with E-state index in [1.54, 1.807) is 0 Å². The minimum atomic E-state index is -4.14. The Bertz CT molecular complexity index is 577. The van der Waals surface area contributed by atoms with Crippen LogP contribution in [0.2, 0.25) is 5.02 Å². The number of hydrogen-bond donors (Lipinski definition) is 2. The van der Waals surface area contributed by atoms with Gasteiger partial charge < -0.3 is 9.84 Å². The van der Waals surface area contributed by atoms with Crippen LogP contribution in [0.1, 0.15) is 0 Å². The molecular formula is C10H11ClFNO5S. The van der Waals surface area contributed by atoms with Gasteiger partial charge in [0.15, 0.2) is 6.10 Å². The molecule has 0 spiro atoms. The monoisotopic (exact) mass is 311 g/mol. The zero-order valence-corrected chi connectivity index (χ0v) is 11.3. The van der Waals surface area contributed by atoms with Crippen molar-refractivity contribution in [2.24, 2.45) is 0 Å². The average Bonchev–Trinajstić information content (AvgIpc) is 2.37. The molecule has 0 fully saturated rings. The molecule has 9 heteroatoms. The Hall–Kier alpha value is -1.22. The van der Waals surface area contributed by atoms with Crippen molar-refractivity contribution in [1.82, 2.24) is 4.72 Å². The normalized spacial score (nSPS) is 13.1. The number of aliphatic hydroxyl groups is 1. The van der Waals surface area contributed by atoms with Crippen LogP contribution in [-0.4, -0.2) is 39.3 Å². The van der Waals surface area contributed by atoms with Gasteiger partial charge in [-0.25, -0.2) is 22.3 Å². The molecule has 0 aromatic heterocycles. The van der Waals surface area contributed by atoms with Gasteiger partial charge in [0.05, 0.1) is 12.1 Å². The minimum absolute atomic E-state index is 0.179. The van der Waals surface area contributed by atoms with Crippen molar-refractivity contribution in [3.63, 3.8) is 0 Å². The van der Waals surface area contributed by atoms with Crippen LogP contribution in [0.15, 0.2) is 23.1 Å². The van der Waals surface area contributed by atoms with Crippen LogP contribution in [0, 0.1) is 5.82 Å². The molecule has 1 aromatic rings. The molecule has 0 heterocycles. The third-order valence-electron chi connectivity index (χ3n) is 2.12. The minimum Gasteiger partial charge on any atom is -0.467 e. The second-order valence-electron chi connectivity index (χ2n) is 3.47. The third-order valence-corrected chi connectivity index (χ3v) is 4.03. The van der Waals surface area contributed by atoms with E-state index in [1.807, 2.05) is 4.72 Å². The van der Waals surface area contributed by atoms with Crippen molar-refractivity contribution in [2.75, 3.05) is 13.7 Å². The van der Waals surface area contributed by atoms with Crippen LogP contribution in [0.4, 0.5) is 4.39 Å². The molecule has 1 aromatic carbocycles. The first kappa shape index (κ1) is 15.8. The fourth-order valence-corrected chi connectivity index (χ4v) is 2.72. The number of halogens is 2. The Morgan fingerprint density at radius 3 is 2.79 bits per heavy atom. The number of carbonyl (C=O) groups excluding carboxylic acids is 1. The summed E-state index contributed by atoms with van der Waals surface area (Å²) in [7, 11) is -3.09. The number of sulfonamides is 1. The molecule has 1 atom stereocenters. The van der Waals surface area contributed by atoms with E-state index in [4.69, 9.17) is 11.6 Å². The number of benzene rings is 1. The molecular weight excluding hydrogens is 301 g/mol. The molecule has 0 aliphatic heterocycles. The quantitative estimate of drug-likeness (QED) is 0.763. The Balaban J connectivity index is 2.87. The van der Waals surface area contributed by atoms with Crippen molar-refractivity contribution in [3.05, 3.63) is 29.0 Å². The second-order valence-corrected chi connectivity index (χ2v) is 5.61. The summed E-state index contributed by atoms with van der Waals surface area (Å²) in [5.41, 5.74) is 0. The largest absolute Gasteiger partial charge is 0.467 e. The van der Waals surface area contributed by atoms with Crippen molar-refractivity contribution in [2.45, 2.75) is 11.0 Å². The first-order valence-electron chi connectivity index (χ1n) is 4.98. The molecule has 0 radical (unpaired) electrons. The number of carbonyl (C=O) groups is 1. The van der Waals surface area contributed by atoms with Crippen molar-refractivity contribution >= 4 is 27.6 Å². The van der Waals surface area contributed by atoms with Gasteiger partial charge in [-0.15, -0.1) is 0 Å². The number of aliphatic hydroxyl groups excluding tert-OH is 1. The summed E-state index contributed by atoms with van der Waals surface area (Å²) in [6.45, 7) is -0.609. The molecule has 19 heavy (non-hydrogen) atoms. The van der Waals surface area contributed by atoms with Gasteiger partial charge >= 0.3 is 5.97 Å². The highest BCUT2D eigenvalue weighted by Crippen LogP contribution is 2.21. The van der Waals surface area contributed by atoms with Gasteiger partial charge in [0, 0.05) is 6.54 Å². The summed E-state index contributed by atoms with van der Waals surface area (Å²) in [6.07, 6.45) is -1.66. The Labute approximate surface area is 114 Å². The van der Waals surface area contributed by atoms with Crippen LogP contribution >= 0.6 is 11.6 Å². The molecule has 1 unspecified atom stereocenters. The Morgan fingerprint density at radius 2 is 2.21 bits per heavy atom. The summed E-state index contributed by atoms with van der Waals surface area (Å²) in [5.74, 6) is -1.77. The lowest BCUT2D eigenvalue weighted by molar-refractivity contribution is -0.149. The number of nitrogens with one attached hydrogen (secondary N) is 1. The molecule has 6 nitrogen and oxygen atoms in total. The SMILES string of the molecule is COC(=O)C(O)CNS(=O)(=O)c1cc(F)ccc1Cl. The predicted molar refractivity (Wildman–Crippen MR) is 64.6 cm³/mol. The predicted octanol–water partition coefficient (Wildman–Crippen LogP) is 0.291.